The lowest BCUT2D eigenvalue weighted by atomic mass is 9.95. The van der Waals surface area contributed by atoms with Gasteiger partial charge in [-0.05, 0) is 105 Å². The lowest BCUT2D eigenvalue weighted by molar-refractivity contribution is 0.669. The van der Waals surface area contributed by atoms with Crippen molar-refractivity contribution in [3.05, 3.63) is 231 Å². The van der Waals surface area contributed by atoms with Crippen molar-refractivity contribution >= 4 is 71.6 Å². The van der Waals surface area contributed by atoms with E-state index in [1.54, 1.807) is 0 Å². The van der Waals surface area contributed by atoms with Gasteiger partial charge in [-0.1, -0.05) is 170 Å². The molecule has 2 heterocycles. The van der Waals surface area contributed by atoms with Crippen LogP contribution in [0.1, 0.15) is 0 Å². The molecule has 0 radical (unpaired) electrons. The zero-order chi connectivity index (χ0) is 40.3. The Morgan fingerprint density at radius 2 is 0.984 bits per heavy atom. The minimum Gasteiger partial charge on any atom is -0.454 e. The molecule has 0 atom stereocenters. The van der Waals surface area contributed by atoms with E-state index in [0.717, 1.165) is 66.9 Å². The van der Waals surface area contributed by atoms with Gasteiger partial charge in [0.2, 0.25) is 0 Å². The van der Waals surface area contributed by atoms with Gasteiger partial charge in [-0.3, -0.25) is 0 Å². The number of hydrogen-bond donors (Lipinski definition) is 0. The Bertz CT molecular complexity index is 3570. The molecule has 10 aromatic carbocycles. The van der Waals surface area contributed by atoms with Gasteiger partial charge < -0.3 is 13.9 Å². The fourth-order valence-electron chi connectivity index (χ4n) is 9.35. The van der Waals surface area contributed by atoms with Gasteiger partial charge in [-0.15, -0.1) is 0 Å². The van der Waals surface area contributed by atoms with Gasteiger partial charge in [-0.2, -0.15) is 0 Å². The quantitative estimate of drug-likeness (QED) is 0.161. The van der Waals surface area contributed by atoms with E-state index in [4.69, 9.17) is 4.42 Å². The number of rotatable bonds is 7. The van der Waals surface area contributed by atoms with Gasteiger partial charge in [-0.25, -0.2) is 0 Å². The molecule has 0 bridgehead atoms. The highest BCUT2D eigenvalue weighted by Gasteiger charge is 2.24. The fourth-order valence-corrected chi connectivity index (χ4v) is 9.35. The number of fused-ring (bicyclic) bond motifs is 8. The molecule has 0 amide bonds. The van der Waals surface area contributed by atoms with E-state index in [-0.39, 0.29) is 0 Å². The molecule has 0 fully saturated rings. The van der Waals surface area contributed by atoms with Gasteiger partial charge in [0.15, 0.2) is 5.58 Å². The molecule has 3 nitrogen and oxygen atoms in total. The average Bonchev–Trinajstić information content (AvgIpc) is 3.90. The van der Waals surface area contributed by atoms with E-state index in [2.05, 4.69) is 240 Å². The number of para-hydroxylation sites is 2. The summed E-state index contributed by atoms with van der Waals surface area (Å²) in [6, 6.07) is 82.7. The van der Waals surface area contributed by atoms with Crippen LogP contribution in [0, 0.1) is 0 Å². The number of anilines is 3. The van der Waals surface area contributed by atoms with Crippen molar-refractivity contribution in [3.63, 3.8) is 0 Å². The third kappa shape index (κ3) is 5.82. The first kappa shape index (κ1) is 34.9. The molecule has 0 spiro atoms. The van der Waals surface area contributed by atoms with Crippen LogP contribution in [0.3, 0.4) is 0 Å². The normalized spacial score (nSPS) is 11.6. The Labute approximate surface area is 353 Å². The second-order valence-corrected chi connectivity index (χ2v) is 15.7. The Balaban J connectivity index is 1.13. The SMILES string of the molecule is c1ccc(-c2ccc(N(c3cccc(-c4ccccc4)c3)c3ccc(-c4ccc5c6ccccc6n(-c6ccccc6)c5c4)c4c3oc3ccc5ccccc5c34)cc2)cc1. The summed E-state index contributed by atoms with van der Waals surface area (Å²) in [5.41, 5.74) is 15.2. The van der Waals surface area contributed by atoms with Crippen LogP contribution in [-0.2, 0) is 0 Å². The van der Waals surface area contributed by atoms with Gasteiger partial charge >= 0.3 is 0 Å². The number of nitrogens with zero attached hydrogens (tertiary/aromatic N) is 2. The van der Waals surface area contributed by atoms with Crippen LogP contribution >= 0.6 is 0 Å². The minimum atomic E-state index is 0.838. The molecule has 12 aromatic rings. The summed E-state index contributed by atoms with van der Waals surface area (Å²) in [6.07, 6.45) is 0. The number of furan rings is 1. The van der Waals surface area contributed by atoms with Crippen LogP contribution in [0.5, 0.6) is 0 Å². The van der Waals surface area contributed by atoms with E-state index >= 15 is 0 Å². The van der Waals surface area contributed by atoms with Crippen LogP contribution in [0.4, 0.5) is 17.1 Å². The summed E-state index contributed by atoms with van der Waals surface area (Å²) in [6.45, 7) is 0. The predicted molar refractivity (Wildman–Crippen MR) is 257 cm³/mol. The van der Waals surface area contributed by atoms with E-state index in [9.17, 15) is 0 Å². The molecule has 0 N–H and O–H groups in total. The zero-order valence-electron chi connectivity index (χ0n) is 33.2. The van der Waals surface area contributed by atoms with Gasteiger partial charge in [0.1, 0.15) is 5.58 Å². The third-order valence-electron chi connectivity index (χ3n) is 12.2. The first-order chi connectivity index (χ1) is 30.3. The highest BCUT2D eigenvalue weighted by molar-refractivity contribution is 6.25. The molecule has 12 rings (SSSR count). The fraction of sp³-hybridized carbons (Fsp3) is 0. The summed E-state index contributed by atoms with van der Waals surface area (Å²) >= 11 is 0. The Morgan fingerprint density at radius 1 is 0.361 bits per heavy atom. The Morgan fingerprint density at radius 3 is 1.77 bits per heavy atom. The predicted octanol–water partition coefficient (Wildman–Crippen LogP) is 16.3. The molecule has 0 saturated heterocycles. The molecule has 0 aliphatic heterocycles. The molecule has 0 aliphatic rings. The smallest absolute Gasteiger partial charge is 0.160 e. The first-order valence-corrected chi connectivity index (χ1v) is 20.8. The average molecular weight is 779 g/mol. The standard InChI is InChI=1S/C58H38N2O/c1-4-15-39(16-5-1)41-27-31-46(32-28-41)59(47-23-14-20-43(37-47)40-17-6-2-7-18-40)53-35-34-49(57-56-48-24-11-10-19-42(48)30-36-55(56)61-58(53)57)44-29-33-51-50-25-12-13-26-52(50)60(54(51)38-44)45-21-8-3-9-22-45/h1-38H. The number of benzene rings is 10. The van der Waals surface area contributed by atoms with Crippen molar-refractivity contribution in [2.24, 2.45) is 0 Å². The maximum atomic E-state index is 7.17. The number of aromatic nitrogens is 1. The highest BCUT2D eigenvalue weighted by Crippen LogP contribution is 2.48. The van der Waals surface area contributed by atoms with Crippen molar-refractivity contribution in [2.75, 3.05) is 4.90 Å². The van der Waals surface area contributed by atoms with E-state index in [1.807, 2.05) is 0 Å². The van der Waals surface area contributed by atoms with Gasteiger partial charge in [0, 0.05) is 38.6 Å². The van der Waals surface area contributed by atoms with Crippen molar-refractivity contribution in [2.45, 2.75) is 0 Å². The van der Waals surface area contributed by atoms with Crippen molar-refractivity contribution in [1.82, 2.24) is 4.57 Å². The topological polar surface area (TPSA) is 21.3 Å². The van der Waals surface area contributed by atoms with Gasteiger partial charge in [0.25, 0.3) is 0 Å². The van der Waals surface area contributed by atoms with Gasteiger partial charge in [0.05, 0.1) is 16.7 Å². The summed E-state index contributed by atoms with van der Waals surface area (Å²) < 4.78 is 9.56. The zero-order valence-corrected chi connectivity index (χ0v) is 33.2. The Hall–Kier alpha value is -8.14. The lowest BCUT2D eigenvalue weighted by Gasteiger charge is -2.27. The van der Waals surface area contributed by atoms with Crippen molar-refractivity contribution < 1.29 is 4.42 Å². The van der Waals surface area contributed by atoms with E-state index in [1.165, 1.54) is 43.8 Å². The summed E-state index contributed by atoms with van der Waals surface area (Å²) in [5.74, 6) is 0. The highest BCUT2D eigenvalue weighted by atomic mass is 16.3. The van der Waals surface area contributed by atoms with Crippen LogP contribution in [0.15, 0.2) is 235 Å². The van der Waals surface area contributed by atoms with Crippen LogP contribution < -0.4 is 4.90 Å². The molecule has 3 heteroatoms. The summed E-state index contributed by atoms with van der Waals surface area (Å²) in [5, 5.41) is 7.02. The van der Waals surface area contributed by atoms with Crippen molar-refractivity contribution in [3.8, 4) is 39.1 Å². The maximum Gasteiger partial charge on any atom is 0.160 e. The largest absolute Gasteiger partial charge is 0.454 e. The maximum absolute atomic E-state index is 7.17. The molecular formula is C58H38N2O. The van der Waals surface area contributed by atoms with Crippen LogP contribution in [-0.4, -0.2) is 4.57 Å². The summed E-state index contributed by atoms with van der Waals surface area (Å²) in [4.78, 5) is 2.36. The molecule has 0 unspecified atom stereocenters. The van der Waals surface area contributed by atoms with Crippen molar-refractivity contribution in [1.29, 1.82) is 0 Å². The monoisotopic (exact) mass is 778 g/mol. The van der Waals surface area contributed by atoms with Crippen LogP contribution in [0.25, 0.3) is 93.6 Å². The second-order valence-electron chi connectivity index (χ2n) is 15.7. The Kier molecular flexibility index (Phi) is 8.17. The molecule has 61 heavy (non-hydrogen) atoms. The molecule has 2 aromatic heterocycles. The molecule has 0 saturated carbocycles. The molecule has 0 aliphatic carbocycles. The molecule has 286 valence electrons. The second kappa shape index (κ2) is 14.3. The van der Waals surface area contributed by atoms with E-state index in [0.29, 0.717) is 0 Å². The first-order valence-electron chi connectivity index (χ1n) is 20.8. The minimum absolute atomic E-state index is 0.838. The lowest BCUT2D eigenvalue weighted by Crippen LogP contribution is -2.10. The number of hydrogen-bond acceptors (Lipinski definition) is 2. The third-order valence-corrected chi connectivity index (χ3v) is 12.2. The van der Waals surface area contributed by atoms with E-state index < -0.39 is 0 Å². The van der Waals surface area contributed by atoms with Crippen LogP contribution in [0.2, 0.25) is 0 Å². The molecular weight excluding hydrogens is 741 g/mol. The summed E-state index contributed by atoms with van der Waals surface area (Å²) in [7, 11) is 0.